The third kappa shape index (κ3) is 50.8. The molecule has 0 aliphatic rings. The molecule has 0 radical (unpaired) electrons. The van der Waals surface area contributed by atoms with Crippen molar-refractivity contribution in [3.8, 4) is 0 Å². The molecule has 0 fully saturated rings. The summed E-state index contributed by atoms with van der Waals surface area (Å²) in [6.07, 6.45) is 73.3. The Labute approximate surface area is 405 Å². The van der Waals surface area contributed by atoms with Gasteiger partial charge < -0.3 is 14.2 Å². The Morgan fingerprint density at radius 1 is 0.333 bits per heavy atom. The molecule has 0 aromatic rings. The van der Waals surface area contributed by atoms with Gasteiger partial charge in [-0.05, 0) is 83.5 Å². The zero-order chi connectivity index (χ0) is 47.9. The molecule has 0 heterocycles. The second-order valence-electron chi connectivity index (χ2n) is 17.2. The van der Waals surface area contributed by atoms with E-state index in [1.807, 2.05) is 66.8 Å². The third-order valence-corrected chi connectivity index (χ3v) is 10.9. The highest BCUT2D eigenvalue weighted by atomic mass is 16.6. The van der Waals surface area contributed by atoms with Crippen LogP contribution in [0.4, 0.5) is 0 Å². The highest BCUT2D eigenvalue weighted by Crippen LogP contribution is 2.12. The molecule has 0 bridgehead atoms. The van der Waals surface area contributed by atoms with Gasteiger partial charge in [-0.15, -0.1) is 0 Å². The molecule has 1 atom stereocenters. The smallest absolute Gasteiger partial charge is 0.306 e. The summed E-state index contributed by atoms with van der Waals surface area (Å²) >= 11 is 0. The average Bonchev–Trinajstić information content (AvgIpc) is 3.31. The van der Waals surface area contributed by atoms with Crippen molar-refractivity contribution in [3.05, 3.63) is 122 Å². The molecule has 0 aromatic carbocycles. The van der Waals surface area contributed by atoms with Crippen molar-refractivity contribution in [1.29, 1.82) is 0 Å². The van der Waals surface area contributed by atoms with E-state index in [-0.39, 0.29) is 44.0 Å². The number of hydrogen-bond acceptors (Lipinski definition) is 6. The molecule has 0 N–H and O–H groups in total. The van der Waals surface area contributed by atoms with Crippen LogP contribution in [0.25, 0.3) is 0 Å². The molecule has 1 unspecified atom stereocenters. The lowest BCUT2D eigenvalue weighted by Gasteiger charge is -2.18. The molecule has 0 saturated heterocycles. The van der Waals surface area contributed by atoms with Gasteiger partial charge in [-0.2, -0.15) is 0 Å². The van der Waals surface area contributed by atoms with Crippen LogP contribution in [-0.4, -0.2) is 37.2 Å². The van der Waals surface area contributed by atoms with E-state index < -0.39 is 6.10 Å². The molecule has 0 rings (SSSR count). The Balaban J connectivity index is 4.58. The maximum Gasteiger partial charge on any atom is 0.306 e. The first-order chi connectivity index (χ1) is 32.5. The monoisotopic (exact) mass is 913 g/mol. The van der Waals surface area contributed by atoms with Gasteiger partial charge in [0.15, 0.2) is 6.10 Å². The lowest BCUT2D eigenvalue weighted by Crippen LogP contribution is -2.30. The Bertz CT molecular complexity index is 1420. The molecular formula is C60H96O6. The van der Waals surface area contributed by atoms with Gasteiger partial charge in [0.25, 0.3) is 0 Å². The van der Waals surface area contributed by atoms with Gasteiger partial charge in [-0.25, -0.2) is 0 Å². The van der Waals surface area contributed by atoms with Crippen molar-refractivity contribution in [1.82, 2.24) is 0 Å². The van der Waals surface area contributed by atoms with Crippen LogP contribution in [0.2, 0.25) is 0 Å². The molecule has 0 aliphatic carbocycles. The number of carbonyl (C=O) groups is 3. The van der Waals surface area contributed by atoms with Crippen LogP contribution in [0.15, 0.2) is 122 Å². The van der Waals surface area contributed by atoms with Gasteiger partial charge in [0.05, 0.1) is 0 Å². The van der Waals surface area contributed by atoms with Gasteiger partial charge in [-0.1, -0.05) is 239 Å². The zero-order valence-corrected chi connectivity index (χ0v) is 42.4. The topological polar surface area (TPSA) is 78.9 Å². The molecule has 0 saturated carbocycles. The molecule has 6 heteroatoms. The molecule has 0 aromatic heterocycles. The second-order valence-corrected chi connectivity index (χ2v) is 17.2. The minimum atomic E-state index is -0.834. The Morgan fingerprint density at radius 3 is 1.17 bits per heavy atom. The largest absolute Gasteiger partial charge is 0.462 e. The van der Waals surface area contributed by atoms with E-state index in [1.54, 1.807) is 0 Å². The number of unbranched alkanes of at least 4 members (excludes halogenated alkanes) is 21. The maximum atomic E-state index is 12.8. The lowest BCUT2D eigenvalue weighted by molar-refractivity contribution is -0.166. The molecular weight excluding hydrogens is 817 g/mol. The Morgan fingerprint density at radius 2 is 0.682 bits per heavy atom. The summed E-state index contributed by atoms with van der Waals surface area (Å²) in [7, 11) is 0. The first kappa shape index (κ1) is 61.8. The number of esters is 3. The van der Waals surface area contributed by atoms with E-state index in [9.17, 15) is 14.4 Å². The predicted octanol–water partition coefficient (Wildman–Crippen LogP) is 17.7. The molecule has 372 valence electrons. The van der Waals surface area contributed by atoms with Crippen molar-refractivity contribution < 1.29 is 28.6 Å². The number of carbonyl (C=O) groups excluding carboxylic acids is 3. The lowest BCUT2D eigenvalue weighted by atomic mass is 10.1. The Kier molecular flexibility index (Phi) is 50.0. The molecule has 0 amide bonds. The SMILES string of the molecule is CC/C=C/C=C/C=C/C=C/C=C/C=C/CCCCCC(=O)OC(COC(=O)CC/C=C/C/C=C/CCCCCCCC)COC(=O)CCCCCCC/C=C/C=C/CCCCCCCCC. The summed E-state index contributed by atoms with van der Waals surface area (Å²) in [5.74, 6) is -1.06. The summed E-state index contributed by atoms with van der Waals surface area (Å²) in [6.45, 7) is 6.36. The summed E-state index contributed by atoms with van der Waals surface area (Å²) in [4.78, 5) is 38.0. The first-order valence-electron chi connectivity index (χ1n) is 26.6. The quantitative estimate of drug-likeness (QED) is 0.0199. The van der Waals surface area contributed by atoms with Crippen LogP contribution in [0.3, 0.4) is 0 Å². The van der Waals surface area contributed by atoms with Crippen molar-refractivity contribution in [3.63, 3.8) is 0 Å². The second kappa shape index (κ2) is 53.4. The van der Waals surface area contributed by atoms with Crippen LogP contribution < -0.4 is 0 Å². The van der Waals surface area contributed by atoms with Gasteiger partial charge in [0, 0.05) is 19.3 Å². The van der Waals surface area contributed by atoms with E-state index in [4.69, 9.17) is 14.2 Å². The van der Waals surface area contributed by atoms with Crippen molar-refractivity contribution in [2.24, 2.45) is 0 Å². The highest BCUT2D eigenvalue weighted by molar-refractivity contribution is 5.71. The summed E-state index contributed by atoms with van der Waals surface area (Å²) < 4.78 is 16.7. The van der Waals surface area contributed by atoms with Crippen LogP contribution in [0.5, 0.6) is 0 Å². The third-order valence-electron chi connectivity index (χ3n) is 10.9. The van der Waals surface area contributed by atoms with E-state index in [1.165, 1.54) is 89.9 Å². The van der Waals surface area contributed by atoms with E-state index in [0.717, 1.165) is 77.0 Å². The van der Waals surface area contributed by atoms with Crippen LogP contribution >= 0.6 is 0 Å². The fourth-order valence-electron chi connectivity index (χ4n) is 6.87. The minimum absolute atomic E-state index is 0.125. The van der Waals surface area contributed by atoms with E-state index >= 15 is 0 Å². The number of allylic oxidation sites excluding steroid dienone is 20. The Hall–Kier alpha value is -4.19. The van der Waals surface area contributed by atoms with Crippen LogP contribution in [0.1, 0.15) is 220 Å². The van der Waals surface area contributed by atoms with Gasteiger partial charge in [-0.3, -0.25) is 14.4 Å². The predicted molar refractivity (Wildman–Crippen MR) is 283 cm³/mol. The van der Waals surface area contributed by atoms with Crippen molar-refractivity contribution >= 4 is 17.9 Å². The van der Waals surface area contributed by atoms with E-state index in [2.05, 4.69) is 75.5 Å². The van der Waals surface area contributed by atoms with Crippen molar-refractivity contribution in [2.45, 2.75) is 226 Å². The molecule has 6 nitrogen and oxygen atoms in total. The zero-order valence-electron chi connectivity index (χ0n) is 42.4. The number of rotatable bonds is 46. The minimum Gasteiger partial charge on any atom is -0.462 e. The molecule has 0 aliphatic heterocycles. The highest BCUT2D eigenvalue weighted by Gasteiger charge is 2.19. The molecule has 0 spiro atoms. The normalized spacial score (nSPS) is 13.1. The fourth-order valence-corrected chi connectivity index (χ4v) is 6.87. The van der Waals surface area contributed by atoms with Crippen molar-refractivity contribution in [2.75, 3.05) is 13.2 Å². The summed E-state index contributed by atoms with van der Waals surface area (Å²) in [5, 5.41) is 0. The average molecular weight is 913 g/mol. The van der Waals surface area contributed by atoms with Gasteiger partial charge >= 0.3 is 17.9 Å². The van der Waals surface area contributed by atoms with E-state index in [0.29, 0.717) is 19.3 Å². The maximum absolute atomic E-state index is 12.8. The standard InChI is InChI=1S/C60H96O6/c1-4-7-10-13-16-19-22-25-27-29-31-32-35-38-41-44-47-50-53-59(62)65-56-57(55-64-58(61)52-49-46-43-40-37-34-24-21-18-15-12-9-6-3)66-60(63)54-51-48-45-42-39-36-33-30-28-26-23-20-17-14-11-8-5-2/h8,11,14,17,20,23,26-34,36-37,39,43,46,57H,4-7,9-10,12-13,15-16,18-19,21-22,24-25,35,38,40-42,44-45,47-56H2,1-3H3/b11-8+,17-14+,23-20+,28-26+,29-27+,32-31+,33-30+,37-34+,39-36+,46-43+. The number of ether oxygens (including phenoxy) is 3. The van der Waals surface area contributed by atoms with Gasteiger partial charge in [0.2, 0.25) is 0 Å². The number of hydrogen-bond donors (Lipinski definition) is 0. The summed E-state index contributed by atoms with van der Waals surface area (Å²) in [6, 6.07) is 0. The van der Waals surface area contributed by atoms with Crippen LogP contribution in [0, 0.1) is 0 Å². The van der Waals surface area contributed by atoms with Gasteiger partial charge in [0.1, 0.15) is 13.2 Å². The fraction of sp³-hybridized carbons (Fsp3) is 0.617. The summed E-state index contributed by atoms with van der Waals surface area (Å²) in [5.41, 5.74) is 0. The van der Waals surface area contributed by atoms with Crippen LogP contribution in [-0.2, 0) is 28.6 Å². The molecule has 66 heavy (non-hydrogen) atoms. The first-order valence-corrected chi connectivity index (χ1v) is 26.6.